The van der Waals surface area contributed by atoms with Crippen LogP contribution in [0.25, 0.3) is 0 Å². The fraction of sp³-hybridized carbons (Fsp3) is 0.667. The largest absolute Gasteiger partial charge is 0.307 e. The van der Waals surface area contributed by atoms with Gasteiger partial charge in [0.1, 0.15) is 0 Å². The first kappa shape index (κ1) is 14.6. The van der Waals surface area contributed by atoms with Gasteiger partial charge in [-0.05, 0) is 49.7 Å². The predicted molar refractivity (Wildman–Crippen MR) is 83.3 cm³/mol. The highest BCUT2D eigenvalue weighted by Crippen LogP contribution is 2.32. The molecule has 1 N–H and O–H groups in total. The lowest BCUT2D eigenvalue weighted by atomic mass is 9.77. The summed E-state index contributed by atoms with van der Waals surface area (Å²) in [5.74, 6) is 1.64. The van der Waals surface area contributed by atoms with E-state index in [0.29, 0.717) is 12.1 Å². The number of hydrogen-bond donors (Lipinski definition) is 1. The van der Waals surface area contributed by atoms with Gasteiger partial charge in [-0.1, -0.05) is 51.0 Å². The van der Waals surface area contributed by atoms with Crippen molar-refractivity contribution in [3.05, 3.63) is 35.4 Å². The average Bonchev–Trinajstić information content (AvgIpc) is 2.39. The first-order chi connectivity index (χ1) is 9.09. The molecule has 1 aromatic rings. The second kappa shape index (κ2) is 6.56. The van der Waals surface area contributed by atoms with Crippen LogP contribution in [-0.2, 0) is 0 Å². The second-order valence-corrected chi connectivity index (χ2v) is 6.54. The summed E-state index contributed by atoms with van der Waals surface area (Å²) in [6, 6.07) is 9.92. The van der Waals surface area contributed by atoms with Crippen LogP contribution in [0.2, 0.25) is 0 Å². The maximum atomic E-state index is 3.91. The van der Waals surface area contributed by atoms with Gasteiger partial charge in [-0.2, -0.15) is 0 Å². The zero-order chi connectivity index (χ0) is 13.8. The zero-order valence-corrected chi connectivity index (χ0v) is 12.9. The van der Waals surface area contributed by atoms with Crippen molar-refractivity contribution < 1.29 is 0 Å². The highest BCUT2D eigenvalue weighted by Gasteiger charge is 2.28. The van der Waals surface area contributed by atoms with Crippen LogP contribution in [0.1, 0.15) is 63.6 Å². The normalized spacial score (nSPS) is 25.5. The lowest BCUT2D eigenvalue weighted by Crippen LogP contribution is -2.42. The summed E-state index contributed by atoms with van der Waals surface area (Å²) < 4.78 is 0. The molecule has 106 valence electrons. The molecule has 0 spiro atoms. The number of nitrogens with one attached hydrogen (secondary N) is 1. The Morgan fingerprint density at radius 3 is 2.42 bits per heavy atom. The van der Waals surface area contributed by atoms with Gasteiger partial charge < -0.3 is 5.32 Å². The molecule has 1 aliphatic carbocycles. The molecule has 0 aromatic heterocycles. The third-order valence-electron chi connectivity index (χ3n) is 4.79. The third kappa shape index (κ3) is 3.60. The molecule has 2 unspecified atom stereocenters. The Labute approximate surface area is 118 Å². The van der Waals surface area contributed by atoms with E-state index in [1.54, 1.807) is 0 Å². The van der Waals surface area contributed by atoms with E-state index in [2.05, 4.69) is 57.3 Å². The molecule has 0 radical (unpaired) electrons. The molecular weight excluding hydrogens is 230 g/mol. The SMILES string of the molecule is Cc1ccccc1[C@H](C)NC1CCCCC1C(C)C. The predicted octanol–water partition coefficient (Wildman–Crippen LogP) is 4.86. The van der Waals surface area contributed by atoms with E-state index >= 15 is 0 Å². The molecule has 0 bridgehead atoms. The Bertz CT molecular complexity index is 396. The number of aryl methyl sites for hydroxylation is 1. The molecule has 0 aliphatic heterocycles. The van der Waals surface area contributed by atoms with Crippen LogP contribution >= 0.6 is 0 Å². The molecule has 3 atom stereocenters. The zero-order valence-electron chi connectivity index (χ0n) is 12.9. The van der Waals surface area contributed by atoms with Gasteiger partial charge in [-0.3, -0.25) is 0 Å². The van der Waals surface area contributed by atoms with Crippen LogP contribution in [0.15, 0.2) is 24.3 Å². The molecule has 1 saturated carbocycles. The Hall–Kier alpha value is -0.820. The summed E-state index contributed by atoms with van der Waals surface area (Å²) in [5, 5.41) is 3.91. The molecule has 2 rings (SSSR count). The quantitative estimate of drug-likeness (QED) is 0.814. The van der Waals surface area contributed by atoms with Crippen LogP contribution in [-0.4, -0.2) is 6.04 Å². The smallest absolute Gasteiger partial charge is 0.0297 e. The third-order valence-corrected chi connectivity index (χ3v) is 4.79. The van der Waals surface area contributed by atoms with E-state index in [1.165, 1.54) is 36.8 Å². The van der Waals surface area contributed by atoms with E-state index in [9.17, 15) is 0 Å². The van der Waals surface area contributed by atoms with Crippen LogP contribution in [0.5, 0.6) is 0 Å². The van der Waals surface area contributed by atoms with E-state index in [-0.39, 0.29) is 0 Å². The highest BCUT2D eigenvalue weighted by atomic mass is 15.0. The van der Waals surface area contributed by atoms with E-state index in [4.69, 9.17) is 0 Å². The molecule has 1 fully saturated rings. The topological polar surface area (TPSA) is 12.0 Å². The van der Waals surface area contributed by atoms with Crippen molar-refractivity contribution >= 4 is 0 Å². The fourth-order valence-corrected chi connectivity index (χ4v) is 3.65. The standard InChI is InChI=1S/C18H29N/c1-13(2)16-10-7-8-12-18(16)19-15(4)17-11-6-5-9-14(17)3/h5-6,9,11,13,15-16,18-19H,7-8,10,12H2,1-4H3/t15-,16?,18?/m0/s1. The van der Waals surface area contributed by atoms with E-state index in [1.807, 2.05) is 0 Å². The number of rotatable bonds is 4. The van der Waals surface area contributed by atoms with Crippen molar-refractivity contribution in [1.82, 2.24) is 5.32 Å². The molecule has 0 amide bonds. The van der Waals surface area contributed by atoms with Gasteiger partial charge in [-0.25, -0.2) is 0 Å². The molecule has 1 aromatic carbocycles. The molecule has 0 saturated heterocycles. The number of benzene rings is 1. The minimum absolute atomic E-state index is 0.463. The Morgan fingerprint density at radius 1 is 1.05 bits per heavy atom. The minimum atomic E-state index is 0.463. The number of hydrogen-bond acceptors (Lipinski definition) is 1. The fourth-order valence-electron chi connectivity index (χ4n) is 3.65. The monoisotopic (exact) mass is 259 g/mol. The summed E-state index contributed by atoms with van der Waals surface area (Å²) >= 11 is 0. The van der Waals surface area contributed by atoms with Crippen LogP contribution < -0.4 is 5.32 Å². The van der Waals surface area contributed by atoms with Gasteiger partial charge in [0.15, 0.2) is 0 Å². The van der Waals surface area contributed by atoms with Crippen LogP contribution in [0, 0.1) is 18.8 Å². The van der Waals surface area contributed by atoms with Gasteiger partial charge in [0.05, 0.1) is 0 Å². The molecule has 19 heavy (non-hydrogen) atoms. The van der Waals surface area contributed by atoms with Crippen LogP contribution in [0.3, 0.4) is 0 Å². The molecule has 1 heteroatoms. The Morgan fingerprint density at radius 2 is 1.74 bits per heavy atom. The summed E-state index contributed by atoms with van der Waals surface area (Å²) in [6.07, 6.45) is 5.55. The lowest BCUT2D eigenvalue weighted by molar-refractivity contribution is 0.194. The van der Waals surface area contributed by atoms with Gasteiger partial charge >= 0.3 is 0 Å². The van der Waals surface area contributed by atoms with Crippen molar-refractivity contribution in [1.29, 1.82) is 0 Å². The summed E-state index contributed by atoms with van der Waals surface area (Å²) in [5.41, 5.74) is 2.86. The maximum absolute atomic E-state index is 3.91. The van der Waals surface area contributed by atoms with E-state index < -0.39 is 0 Å². The molecular formula is C18H29N. The Kier molecular flexibility index (Phi) is 5.04. The summed E-state index contributed by atoms with van der Waals surface area (Å²) in [6.45, 7) is 9.29. The van der Waals surface area contributed by atoms with Crippen molar-refractivity contribution in [2.75, 3.05) is 0 Å². The minimum Gasteiger partial charge on any atom is -0.307 e. The first-order valence-corrected chi connectivity index (χ1v) is 7.91. The Balaban J connectivity index is 2.05. The van der Waals surface area contributed by atoms with Gasteiger partial charge in [0.2, 0.25) is 0 Å². The van der Waals surface area contributed by atoms with Crippen molar-refractivity contribution in [3.63, 3.8) is 0 Å². The van der Waals surface area contributed by atoms with Crippen molar-refractivity contribution in [2.24, 2.45) is 11.8 Å². The van der Waals surface area contributed by atoms with Gasteiger partial charge in [0, 0.05) is 12.1 Å². The molecule has 0 heterocycles. The molecule has 1 nitrogen and oxygen atoms in total. The van der Waals surface area contributed by atoms with Crippen molar-refractivity contribution in [3.8, 4) is 0 Å². The highest BCUT2D eigenvalue weighted by molar-refractivity contribution is 5.28. The maximum Gasteiger partial charge on any atom is 0.0297 e. The summed E-state index contributed by atoms with van der Waals surface area (Å²) in [7, 11) is 0. The van der Waals surface area contributed by atoms with E-state index in [0.717, 1.165) is 11.8 Å². The van der Waals surface area contributed by atoms with Crippen LogP contribution in [0.4, 0.5) is 0 Å². The van der Waals surface area contributed by atoms with Crippen molar-refractivity contribution in [2.45, 2.75) is 65.5 Å². The van der Waals surface area contributed by atoms with Gasteiger partial charge in [-0.15, -0.1) is 0 Å². The summed E-state index contributed by atoms with van der Waals surface area (Å²) in [4.78, 5) is 0. The average molecular weight is 259 g/mol. The van der Waals surface area contributed by atoms with Gasteiger partial charge in [0.25, 0.3) is 0 Å². The molecule has 1 aliphatic rings. The first-order valence-electron chi connectivity index (χ1n) is 7.91. The lowest BCUT2D eigenvalue weighted by Gasteiger charge is -2.37. The second-order valence-electron chi connectivity index (χ2n) is 6.54.